The summed E-state index contributed by atoms with van der Waals surface area (Å²) in [7, 11) is 0. The number of carbonyl (C=O) groups is 2. The Kier molecular flexibility index (Phi) is 5.29. The summed E-state index contributed by atoms with van der Waals surface area (Å²) in [5.74, 6) is 0.963. The lowest BCUT2D eigenvalue weighted by Gasteiger charge is -2.13. The number of amides is 1. The Labute approximate surface area is 177 Å². The Balaban J connectivity index is 1.53. The Morgan fingerprint density at radius 3 is 2.53 bits per heavy atom. The number of nitriles is 1. The van der Waals surface area contributed by atoms with Crippen LogP contribution in [0.1, 0.15) is 29.8 Å². The number of thioether (sulfide) groups is 1. The Hall–Kier alpha value is -3.57. The van der Waals surface area contributed by atoms with Crippen LogP contribution < -0.4 is 14.8 Å². The molecule has 1 atom stereocenters. The highest BCUT2D eigenvalue weighted by molar-refractivity contribution is 8.00. The van der Waals surface area contributed by atoms with Gasteiger partial charge in [-0.3, -0.25) is 9.59 Å². The van der Waals surface area contributed by atoms with E-state index in [1.165, 1.54) is 18.7 Å². The van der Waals surface area contributed by atoms with E-state index >= 15 is 0 Å². The van der Waals surface area contributed by atoms with E-state index in [1.807, 2.05) is 0 Å². The molecule has 1 aromatic heterocycles. The van der Waals surface area contributed by atoms with Gasteiger partial charge in [-0.1, -0.05) is 11.8 Å². The zero-order chi connectivity index (χ0) is 21.3. The number of aromatic nitrogens is 1. The Morgan fingerprint density at radius 2 is 1.87 bits per heavy atom. The number of hydrogen-bond donors (Lipinski definition) is 1. The summed E-state index contributed by atoms with van der Waals surface area (Å²) in [6.45, 7) is 3.39. The lowest BCUT2D eigenvalue weighted by Crippen LogP contribution is -2.22. The first-order chi connectivity index (χ1) is 14.4. The molecular weight excluding hydrogens is 402 g/mol. The van der Waals surface area contributed by atoms with E-state index in [2.05, 4.69) is 16.4 Å². The zero-order valence-electron chi connectivity index (χ0n) is 16.3. The van der Waals surface area contributed by atoms with E-state index in [-0.39, 0.29) is 18.5 Å². The number of benzene rings is 2. The highest BCUT2D eigenvalue weighted by Crippen LogP contribution is 2.37. The fraction of sp³-hybridized carbons (Fsp3) is 0.182. The van der Waals surface area contributed by atoms with Crippen LogP contribution in [-0.2, 0) is 4.79 Å². The van der Waals surface area contributed by atoms with E-state index in [9.17, 15) is 14.9 Å². The van der Waals surface area contributed by atoms with Gasteiger partial charge in [0.15, 0.2) is 17.3 Å². The standard InChI is InChI=1S/C22H17N3O4S/c1-12(26)14-3-5-17(6-4-14)24-21(27)13(2)30-22-16(10-23)7-15-8-19-20(29-11-28-19)9-18(15)25-22/h3-9,13H,11H2,1-2H3,(H,24,27). The van der Waals surface area contributed by atoms with Crippen LogP contribution in [0, 0.1) is 11.3 Å². The normalized spacial score (nSPS) is 13.0. The number of pyridine rings is 1. The molecular formula is C22H17N3O4S. The topological polar surface area (TPSA) is 101 Å². The first kappa shape index (κ1) is 19.7. The molecule has 0 radical (unpaired) electrons. The number of nitrogens with zero attached hydrogens (tertiary/aromatic N) is 2. The van der Waals surface area contributed by atoms with Gasteiger partial charge in [0, 0.05) is 22.7 Å². The maximum Gasteiger partial charge on any atom is 0.237 e. The number of ether oxygens (including phenoxy) is 2. The van der Waals surface area contributed by atoms with E-state index in [1.54, 1.807) is 49.4 Å². The average molecular weight is 419 g/mol. The molecule has 30 heavy (non-hydrogen) atoms. The Bertz CT molecular complexity index is 1200. The first-order valence-electron chi connectivity index (χ1n) is 9.17. The van der Waals surface area contributed by atoms with Gasteiger partial charge in [-0.05, 0) is 50.2 Å². The molecule has 0 saturated heterocycles. The van der Waals surface area contributed by atoms with Gasteiger partial charge in [0.2, 0.25) is 12.7 Å². The van der Waals surface area contributed by atoms with Gasteiger partial charge in [0.1, 0.15) is 11.1 Å². The minimum atomic E-state index is -0.497. The highest BCUT2D eigenvalue weighted by Gasteiger charge is 2.20. The smallest absolute Gasteiger partial charge is 0.237 e. The van der Waals surface area contributed by atoms with Gasteiger partial charge in [0.05, 0.1) is 16.3 Å². The van der Waals surface area contributed by atoms with Crippen molar-refractivity contribution in [3.63, 3.8) is 0 Å². The SMILES string of the molecule is CC(=O)c1ccc(NC(=O)C(C)Sc2nc3cc4c(cc3cc2C#N)OCO4)cc1. The highest BCUT2D eigenvalue weighted by atomic mass is 32.2. The van der Waals surface area contributed by atoms with Crippen LogP contribution in [0.5, 0.6) is 11.5 Å². The molecule has 4 rings (SSSR count). The number of hydrogen-bond acceptors (Lipinski definition) is 7. The monoisotopic (exact) mass is 419 g/mol. The third-order valence-corrected chi connectivity index (χ3v) is 5.71. The van der Waals surface area contributed by atoms with Gasteiger partial charge >= 0.3 is 0 Å². The van der Waals surface area contributed by atoms with Crippen molar-refractivity contribution in [3.8, 4) is 17.6 Å². The van der Waals surface area contributed by atoms with Crippen LogP contribution in [0.3, 0.4) is 0 Å². The second-order valence-corrected chi connectivity index (χ2v) is 8.06. The Morgan fingerprint density at radius 1 is 1.17 bits per heavy atom. The predicted octanol–water partition coefficient (Wildman–Crippen LogP) is 4.16. The second kappa shape index (κ2) is 8.05. The molecule has 2 heterocycles. The number of nitrogens with one attached hydrogen (secondary N) is 1. The van der Waals surface area contributed by atoms with Gasteiger partial charge in [-0.2, -0.15) is 5.26 Å². The summed E-state index contributed by atoms with van der Waals surface area (Å²) >= 11 is 1.21. The molecule has 150 valence electrons. The second-order valence-electron chi connectivity index (χ2n) is 6.73. The van der Waals surface area contributed by atoms with Crippen LogP contribution in [0.4, 0.5) is 5.69 Å². The summed E-state index contributed by atoms with van der Waals surface area (Å²) in [5.41, 5.74) is 2.22. The van der Waals surface area contributed by atoms with Gasteiger partial charge in [0.25, 0.3) is 0 Å². The molecule has 1 amide bonds. The molecule has 0 saturated carbocycles. The van der Waals surface area contributed by atoms with Crippen molar-refractivity contribution < 1.29 is 19.1 Å². The van der Waals surface area contributed by atoms with Crippen LogP contribution >= 0.6 is 11.8 Å². The van der Waals surface area contributed by atoms with E-state index in [0.29, 0.717) is 38.9 Å². The third kappa shape index (κ3) is 3.93. The minimum Gasteiger partial charge on any atom is -0.454 e. The van der Waals surface area contributed by atoms with Crippen molar-refractivity contribution >= 4 is 40.0 Å². The summed E-state index contributed by atoms with van der Waals surface area (Å²) in [4.78, 5) is 28.5. The molecule has 0 aliphatic carbocycles. The van der Waals surface area contributed by atoms with Gasteiger partial charge in [-0.25, -0.2) is 4.98 Å². The van der Waals surface area contributed by atoms with Crippen molar-refractivity contribution in [2.24, 2.45) is 0 Å². The van der Waals surface area contributed by atoms with Crippen molar-refractivity contribution in [3.05, 3.63) is 53.6 Å². The first-order valence-corrected chi connectivity index (χ1v) is 10.1. The largest absolute Gasteiger partial charge is 0.454 e. The van der Waals surface area contributed by atoms with Crippen molar-refractivity contribution in [1.82, 2.24) is 4.98 Å². The third-order valence-electron chi connectivity index (χ3n) is 4.61. The van der Waals surface area contributed by atoms with Crippen LogP contribution in [-0.4, -0.2) is 28.7 Å². The molecule has 8 heteroatoms. The summed E-state index contributed by atoms with van der Waals surface area (Å²) in [6, 6.07) is 14.1. The predicted molar refractivity (Wildman–Crippen MR) is 113 cm³/mol. The van der Waals surface area contributed by atoms with Crippen LogP contribution in [0.15, 0.2) is 47.5 Å². The fourth-order valence-corrected chi connectivity index (χ4v) is 3.85. The number of carbonyl (C=O) groups excluding carboxylic acids is 2. The maximum atomic E-state index is 12.6. The molecule has 3 aromatic rings. The molecule has 0 fully saturated rings. The molecule has 0 bridgehead atoms. The summed E-state index contributed by atoms with van der Waals surface area (Å²) < 4.78 is 10.8. The number of anilines is 1. The van der Waals surface area contributed by atoms with Crippen molar-refractivity contribution in [2.45, 2.75) is 24.1 Å². The van der Waals surface area contributed by atoms with Crippen molar-refractivity contribution in [2.75, 3.05) is 12.1 Å². The minimum absolute atomic E-state index is 0.0363. The molecule has 0 spiro atoms. The number of rotatable bonds is 5. The molecule has 7 nitrogen and oxygen atoms in total. The number of ketones is 1. The molecule has 1 N–H and O–H groups in total. The molecule has 1 aliphatic rings. The van der Waals surface area contributed by atoms with E-state index in [4.69, 9.17) is 9.47 Å². The van der Waals surface area contributed by atoms with Crippen molar-refractivity contribution in [1.29, 1.82) is 5.26 Å². The van der Waals surface area contributed by atoms with Gasteiger partial charge in [-0.15, -0.1) is 0 Å². The fourth-order valence-electron chi connectivity index (χ4n) is 2.97. The summed E-state index contributed by atoms with van der Waals surface area (Å²) in [5, 5.41) is 13.1. The summed E-state index contributed by atoms with van der Waals surface area (Å²) in [6.07, 6.45) is 0. The van der Waals surface area contributed by atoms with Gasteiger partial charge < -0.3 is 14.8 Å². The number of Topliss-reactive ketones (excluding diaryl/α,β-unsaturated/α-hetero) is 1. The molecule has 2 aromatic carbocycles. The molecule has 1 aliphatic heterocycles. The van der Waals surface area contributed by atoms with Crippen LogP contribution in [0.2, 0.25) is 0 Å². The zero-order valence-corrected chi connectivity index (χ0v) is 17.1. The quantitative estimate of drug-likeness (QED) is 0.489. The maximum absolute atomic E-state index is 12.6. The lowest BCUT2D eigenvalue weighted by molar-refractivity contribution is -0.115. The number of fused-ring (bicyclic) bond motifs is 2. The van der Waals surface area contributed by atoms with E-state index < -0.39 is 5.25 Å². The average Bonchev–Trinajstić information content (AvgIpc) is 3.19. The van der Waals surface area contributed by atoms with Crippen LogP contribution in [0.25, 0.3) is 10.9 Å². The lowest BCUT2D eigenvalue weighted by atomic mass is 10.1. The van der Waals surface area contributed by atoms with E-state index in [0.717, 1.165) is 5.39 Å². The molecule has 1 unspecified atom stereocenters.